The molecule has 0 aliphatic heterocycles. The Morgan fingerprint density at radius 3 is 2.40 bits per heavy atom. The number of hydrogen-bond donors (Lipinski definition) is 3. The van der Waals surface area contributed by atoms with Crippen molar-refractivity contribution >= 4 is 18.0 Å². The van der Waals surface area contributed by atoms with Gasteiger partial charge in [0, 0.05) is 18.4 Å². The van der Waals surface area contributed by atoms with Crippen LogP contribution in [0.25, 0.3) is 11.1 Å². The summed E-state index contributed by atoms with van der Waals surface area (Å²) in [4.78, 5) is 35.6. The monoisotopic (exact) mass is 477 g/mol. The highest BCUT2D eigenvalue weighted by molar-refractivity contribution is 5.95. The quantitative estimate of drug-likeness (QED) is 0.401. The molecule has 1 atom stereocenters. The first-order valence-corrected chi connectivity index (χ1v) is 11.5. The second-order valence-corrected chi connectivity index (χ2v) is 8.51. The van der Waals surface area contributed by atoms with Crippen LogP contribution >= 0.6 is 0 Å². The molecule has 0 spiro atoms. The van der Waals surface area contributed by atoms with Gasteiger partial charge in [-0.1, -0.05) is 53.7 Å². The molecule has 0 saturated carbocycles. The summed E-state index contributed by atoms with van der Waals surface area (Å²) in [6, 6.07) is 15.9. The molecule has 2 amide bonds. The lowest BCUT2D eigenvalue weighted by Gasteiger charge is -2.15. The summed E-state index contributed by atoms with van der Waals surface area (Å²) in [5, 5.41) is 18.0. The number of rotatable bonds is 10. The normalized spacial score (nSPS) is 12.9. The van der Waals surface area contributed by atoms with Crippen LogP contribution in [0.5, 0.6) is 0 Å². The molecule has 2 aromatic carbocycles. The van der Waals surface area contributed by atoms with E-state index in [0.29, 0.717) is 12.8 Å². The van der Waals surface area contributed by atoms with Crippen LogP contribution in [0.15, 0.2) is 59.3 Å². The second-order valence-electron chi connectivity index (χ2n) is 8.51. The Morgan fingerprint density at radius 1 is 1.09 bits per heavy atom. The summed E-state index contributed by atoms with van der Waals surface area (Å²) in [6.07, 6.45) is 1.62. The van der Waals surface area contributed by atoms with Crippen molar-refractivity contribution < 1.29 is 28.8 Å². The van der Waals surface area contributed by atoms with E-state index in [9.17, 15) is 14.4 Å². The Morgan fingerprint density at radius 2 is 1.74 bits per heavy atom. The average Bonchev–Trinajstić information content (AvgIpc) is 3.44. The van der Waals surface area contributed by atoms with Crippen LogP contribution in [0.4, 0.5) is 4.79 Å². The Balaban J connectivity index is 1.29. The Kier molecular flexibility index (Phi) is 7.45. The summed E-state index contributed by atoms with van der Waals surface area (Å²) in [5.74, 6) is -1.33. The van der Waals surface area contributed by atoms with Gasteiger partial charge in [0.05, 0.1) is 6.54 Å². The van der Waals surface area contributed by atoms with Crippen molar-refractivity contribution in [2.24, 2.45) is 0 Å². The largest absolute Gasteiger partial charge is 0.481 e. The van der Waals surface area contributed by atoms with Crippen LogP contribution in [-0.2, 0) is 16.1 Å². The van der Waals surface area contributed by atoms with Gasteiger partial charge in [-0.05, 0) is 42.0 Å². The minimum absolute atomic E-state index is 0.0384. The molecule has 4 rings (SSSR count). The first-order valence-electron chi connectivity index (χ1n) is 11.5. The molecule has 9 nitrogen and oxygen atoms in total. The number of nitrogens with one attached hydrogen (secondary N) is 2. The zero-order valence-corrected chi connectivity index (χ0v) is 19.3. The first-order chi connectivity index (χ1) is 16.9. The second kappa shape index (κ2) is 10.9. The van der Waals surface area contributed by atoms with Crippen molar-refractivity contribution in [3.63, 3.8) is 0 Å². The highest BCUT2D eigenvalue weighted by Crippen LogP contribution is 2.44. The van der Waals surface area contributed by atoms with Gasteiger partial charge in [0.15, 0.2) is 0 Å². The molecule has 182 valence electrons. The third kappa shape index (κ3) is 5.68. The van der Waals surface area contributed by atoms with E-state index in [2.05, 4.69) is 27.9 Å². The number of nitrogens with zero attached hydrogens (tertiary/aromatic N) is 1. The van der Waals surface area contributed by atoms with Gasteiger partial charge in [0.1, 0.15) is 24.1 Å². The van der Waals surface area contributed by atoms with E-state index in [1.54, 1.807) is 6.92 Å². The van der Waals surface area contributed by atoms with Crippen LogP contribution < -0.4 is 10.6 Å². The maximum atomic E-state index is 12.5. The summed E-state index contributed by atoms with van der Waals surface area (Å²) < 4.78 is 10.4. The molecule has 1 heterocycles. The fourth-order valence-corrected chi connectivity index (χ4v) is 4.31. The third-order valence-electron chi connectivity index (χ3n) is 6.04. The number of hydrogen-bond acceptors (Lipinski definition) is 6. The highest BCUT2D eigenvalue weighted by Gasteiger charge is 2.29. The molecule has 3 aromatic rings. The molecular formula is C26H27N3O6. The van der Waals surface area contributed by atoms with Crippen molar-refractivity contribution in [3.05, 3.63) is 77.2 Å². The van der Waals surface area contributed by atoms with Crippen molar-refractivity contribution in [3.8, 4) is 11.1 Å². The molecule has 1 unspecified atom stereocenters. The Bertz CT molecular complexity index is 1180. The average molecular weight is 478 g/mol. The van der Waals surface area contributed by atoms with E-state index >= 15 is 0 Å². The molecule has 35 heavy (non-hydrogen) atoms. The minimum Gasteiger partial charge on any atom is -0.481 e. The Labute approximate surface area is 202 Å². The van der Waals surface area contributed by atoms with E-state index in [-0.39, 0.29) is 42.8 Å². The topological polar surface area (TPSA) is 131 Å². The maximum Gasteiger partial charge on any atom is 0.407 e. The van der Waals surface area contributed by atoms with E-state index < -0.39 is 18.0 Å². The number of carboxylic acids is 1. The summed E-state index contributed by atoms with van der Waals surface area (Å²) in [7, 11) is 0. The number of benzene rings is 2. The van der Waals surface area contributed by atoms with Gasteiger partial charge in [-0.3, -0.25) is 9.59 Å². The van der Waals surface area contributed by atoms with E-state index in [1.165, 1.54) is 6.26 Å². The number of carboxylic acid groups (broad SMARTS) is 1. The summed E-state index contributed by atoms with van der Waals surface area (Å²) in [5.41, 5.74) is 5.01. The fraction of sp³-hybridized carbons (Fsp3) is 0.308. The molecule has 0 bridgehead atoms. The van der Waals surface area contributed by atoms with Gasteiger partial charge in [0.25, 0.3) is 5.91 Å². The van der Waals surface area contributed by atoms with Gasteiger partial charge in [-0.25, -0.2) is 4.79 Å². The Hall–Kier alpha value is -4.14. The molecule has 1 aliphatic carbocycles. The minimum atomic E-state index is -0.871. The van der Waals surface area contributed by atoms with Crippen molar-refractivity contribution in [2.45, 2.75) is 44.7 Å². The van der Waals surface area contributed by atoms with Crippen LogP contribution in [0.3, 0.4) is 0 Å². The number of aromatic nitrogens is 1. The van der Waals surface area contributed by atoms with Crippen LogP contribution in [0.2, 0.25) is 0 Å². The van der Waals surface area contributed by atoms with Gasteiger partial charge in [-0.15, -0.1) is 0 Å². The smallest absolute Gasteiger partial charge is 0.407 e. The van der Waals surface area contributed by atoms with Crippen LogP contribution in [0.1, 0.15) is 59.3 Å². The fourth-order valence-electron chi connectivity index (χ4n) is 4.31. The van der Waals surface area contributed by atoms with Crippen LogP contribution in [0, 0.1) is 0 Å². The number of carbonyl (C=O) groups is 3. The van der Waals surface area contributed by atoms with Crippen molar-refractivity contribution in [2.75, 3.05) is 6.61 Å². The SMILES string of the molecule is CC(CCCC(=O)O)NC(=O)c1conc1CNC(=O)OCC1c2ccccc2-c2ccccc21. The lowest BCUT2D eigenvalue weighted by atomic mass is 9.98. The van der Waals surface area contributed by atoms with Gasteiger partial charge >= 0.3 is 12.1 Å². The molecule has 0 radical (unpaired) electrons. The number of fused-ring (bicyclic) bond motifs is 3. The highest BCUT2D eigenvalue weighted by atomic mass is 16.5. The van der Waals surface area contributed by atoms with Gasteiger partial charge < -0.3 is 25.0 Å². The lowest BCUT2D eigenvalue weighted by Crippen LogP contribution is -2.33. The molecule has 1 aromatic heterocycles. The van der Waals surface area contributed by atoms with Crippen molar-refractivity contribution in [1.29, 1.82) is 0 Å². The molecule has 0 saturated heterocycles. The predicted molar refractivity (Wildman–Crippen MR) is 127 cm³/mol. The molecule has 0 fully saturated rings. The van der Waals surface area contributed by atoms with Crippen molar-refractivity contribution in [1.82, 2.24) is 15.8 Å². The first kappa shape index (κ1) is 24.0. The number of carbonyl (C=O) groups excluding carboxylic acids is 2. The van der Waals surface area contributed by atoms with Crippen LogP contribution in [-0.4, -0.2) is 40.9 Å². The third-order valence-corrected chi connectivity index (χ3v) is 6.04. The van der Waals surface area contributed by atoms with E-state index in [4.69, 9.17) is 14.4 Å². The number of alkyl carbamates (subject to hydrolysis) is 1. The molecule has 3 N–H and O–H groups in total. The van der Waals surface area contributed by atoms with E-state index in [1.807, 2.05) is 36.4 Å². The number of aliphatic carboxylic acids is 1. The van der Waals surface area contributed by atoms with Gasteiger partial charge in [-0.2, -0.15) is 0 Å². The van der Waals surface area contributed by atoms with Gasteiger partial charge in [0.2, 0.25) is 0 Å². The number of amides is 2. The predicted octanol–water partition coefficient (Wildman–Crippen LogP) is 4.09. The maximum absolute atomic E-state index is 12.5. The lowest BCUT2D eigenvalue weighted by molar-refractivity contribution is -0.137. The number of ether oxygens (including phenoxy) is 1. The zero-order valence-electron chi connectivity index (χ0n) is 19.3. The zero-order chi connectivity index (χ0) is 24.8. The molecule has 1 aliphatic rings. The van der Waals surface area contributed by atoms with E-state index in [0.717, 1.165) is 22.3 Å². The molecule has 9 heteroatoms. The molecular weight excluding hydrogens is 450 g/mol. The summed E-state index contributed by atoms with van der Waals surface area (Å²) >= 11 is 0. The summed E-state index contributed by atoms with van der Waals surface area (Å²) in [6.45, 7) is 1.94. The standard InChI is InChI=1S/C26H27N3O6/c1-16(7-6-12-24(30)31)28-25(32)22-15-35-29-23(22)13-27-26(33)34-14-21-19-10-4-2-8-17(19)18-9-3-5-11-20(18)21/h2-5,8-11,15-16,21H,6-7,12-14H2,1H3,(H,27,33)(H,28,32)(H,30,31).